The summed E-state index contributed by atoms with van der Waals surface area (Å²) in [5.74, 6) is 0.880. The number of hydrogen-bond donors (Lipinski definition) is 0. The van der Waals surface area contributed by atoms with E-state index in [1.165, 1.54) is 0 Å². The molecule has 2 rings (SSSR count). The van der Waals surface area contributed by atoms with Crippen molar-refractivity contribution in [3.05, 3.63) is 54.1 Å². The van der Waals surface area contributed by atoms with Gasteiger partial charge in [0.1, 0.15) is 5.82 Å². The molecule has 0 saturated carbocycles. The van der Waals surface area contributed by atoms with Crippen molar-refractivity contribution in [3.63, 3.8) is 0 Å². The summed E-state index contributed by atoms with van der Waals surface area (Å²) in [6.07, 6.45) is 3.60. The Hall–Kier alpha value is -2.10. The summed E-state index contributed by atoms with van der Waals surface area (Å²) in [5, 5.41) is 0. The Labute approximate surface area is 101 Å². The second kappa shape index (κ2) is 4.82. The van der Waals surface area contributed by atoms with Gasteiger partial charge in [-0.15, -0.1) is 0 Å². The van der Waals surface area contributed by atoms with E-state index in [-0.39, 0.29) is 5.91 Å². The van der Waals surface area contributed by atoms with Gasteiger partial charge in [-0.2, -0.15) is 0 Å². The molecule has 2 aromatic rings. The Morgan fingerprint density at radius 3 is 2.65 bits per heavy atom. The van der Waals surface area contributed by atoms with Crippen LogP contribution in [0, 0.1) is 0 Å². The molecule has 1 amide bonds. The van der Waals surface area contributed by atoms with Gasteiger partial charge in [-0.05, 0) is 12.1 Å². The van der Waals surface area contributed by atoms with Crippen molar-refractivity contribution < 1.29 is 4.79 Å². The van der Waals surface area contributed by atoms with Gasteiger partial charge >= 0.3 is 0 Å². The van der Waals surface area contributed by atoms with E-state index in [0.29, 0.717) is 12.1 Å². The fraction of sp³-hybridized carbons (Fsp3) is 0.231. The van der Waals surface area contributed by atoms with Crippen molar-refractivity contribution in [1.82, 2.24) is 14.5 Å². The third-order valence-electron chi connectivity index (χ3n) is 2.67. The van der Waals surface area contributed by atoms with Crippen molar-refractivity contribution in [2.75, 3.05) is 7.05 Å². The lowest BCUT2D eigenvalue weighted by molar-refractivity contribution is 0.0780. The molecular formula is C13H15N3O. The Morgan fingerprint density at radius 1 is 1.35 bits per heavy atom. The van der Waals surface area contributed by atoms with E-state index in [1.807, 2.05) is 48.1 Å². The van der Waals surface area contributed by atoms with Gasteiger partial charge in [0.05, 0.1) is 6.54 Å². The van der Waals surface area contributed by atoms with Crippen molar-refractivity contribution >= 4 is 5.91 Å². The molecule has 0 spiro atoms. The van der Waals surface area contributed by atoms with Gasteiger partial charge in [0.25, 0.3) is 5.91 Å². The number of hydrogen-bond acceptors (Lipinski definition) is 2. The molecule has 0 saturated heterocycles. The number of carbonyl (C=O) groups excluding carboxylic acids is 1. The maximum atomic E-state index is 12.1. The highest BCUT2D eigenvalue weighted by Crippen LogP contribution is 2.06. The number of amides is 1. The minimum Gasteiger partial charge on any atom is -0.337 e. The van der Waals surface area contributed by atoms with Crippen LogP contribution in [-0.4, -0.2) is 27.4 Å². The standard InChI is InChI=1S/C13H15N3O/c1-15-9-8-14-12(15)10-16(2)13(17)11-6-4-3-5-7-11/h3-9H,10H2,1-2H3. The fourth-order valence-electron chi connectivity index (χ4n) is 1.63. The van der Waals surface area contributed by atoms with Gasteiger partial charge < -0.3 is 9.47 Å². The maximum absolute atomic E-state index is 12.1. The fourth-order valence-corrected chi connectivity index (χ4v) is 1.63. The number of carbonyl (C=O) groups is 1. The summed E-state index contributed by atoms with van der Waals surface area (Å²) in [6.45, 7) is 0.511. The predicted octanol–water partition coefficient (Wildman–Crippen LogP) is 1.69. The van der Waals surface area contributed by atoms with Crippen LogP contribution in [0.5, 0.6) is 0 Å². The molecule has 4 heteroatoms. The van der Waals surface area contributed by atoms with E-state index in [2.05, 4.69) is 4.98 Å². The molecule has 0 atom stereocenters. The minimum atomic E-state index is 0.00796. The first-order chi connectivity index (χ1) is 8.18. The van der Waals surface area contributed by atoms with Crippen molar-refractivity contribution in [1.29, 1.82) is 0 Å². The van der Waals surface area contributed by atoms with Crippen LogP contribution >= 0.6 is 0 Å². The maximum Gasteiger partial charge on any atom is 0.253 e. The lowest BCUT2D eigenvalue weighted by Gasteiger charge is -2.16. The number of rotatable bonds is 3. The van der Waals surface area contributed by atoms with Gasteiger partial charge in [0, 0.05) is 32.1 Å². The first kappa shape index (κ1) is 11.4. The zero-order valence-corrected chi connectivity index (χ0v) is 10.00. The molecule has 4 nitrogen and oxygen atoms in total. The normalized spacial score (nSPS) is 10.2. The van der Waals surface area contributed by atoms with Crippen molar-refractivity contribution in [3.8, 4) is 0 Å². The second-order valence-electron chi connectivity index (χ2n) is 3.98. The highest BCUT2D eigenvalue weighted by molar-refractivity contribution is 5.93. The van der Waals surface area contributed by atoms with Gasteiger partial charge in [-0.1, -0.05) is 18.2 Å². The molecule has 88 valence electrons. The zero-order valence-electron chi connectivity index (χ0n) is 10.00. The molecule has 0 aliphatic heterocycles. The molecule has 17 heavy (non-hydrogen) atoms. The largest absolute Gasteiger partial charge is 0.337 e. The van der Waals surface area contributed by atoms with E-state index in [1.54, 1.807) is 18.1 Å². The summed E-state index contributed by atoms with van der Waals surface area (Å²) in [4.78, 5) is 17.9. The summed E-state index contributed by atoms with van der Waals surface area (Å²) < 4.78 is 1.91. The Morgan fingerprint density at radius 2 is 2.06 bits per heavy atom. The molecule has 0 unspecified atom stereocenters. The van der Waals surface area contributed by atoms with E-state index in [0.717, 1.165) is 5.82 Å². The highest BCUT2D eigenvalue weighted by atomic mass is 16.2. The monoisotopic (exact) mass is 229 g/mol. The topological polar surface area (TPSA) is 38.1 Å². The molecular weight excluding hydrogens is 214 g/mol. The lowest BCUT2D eigenvalue weighted by atomic mass is 10.2. The minimum absolute atomic E-state index is 0.00796. The average Bonchev–Trinajstić information content (AvgIpc) is 2.75. The summed E-state index contributed by atoms with van der Waals surface area (Å²) in [6, 6.07) is 9.26. The van der Waals surface area contributed by atoms with Crippen LogP contribution in [0.1, 0.15) is 16.2 Å². The molecule has 0 N–H and O–H groups in total. The highest BCUT2D eigenvalue weighted by Gasteiger charge is 2.12. The van der Waals surface area contributed by atoms with Crippen LogP contribution in [0.4, 0.5) is 0 Å². The van der Waals surface area contributed by atoms with E-state index >= 15 is 0 Å². The van der Waals surface area contributed by atoms with E-state index < -0.39 is 0 Å². The molecule has 1 aromatic carbocycles. The number of imidazole rings is 1. The summed E-state index contributed by atoms with van der Waals surface area (Å²) in [5.41, 5.74) is 0.698. The molecule has 1 aromatic heterocycles. The summed E-state index contributed by atoms with van der Waals surface area (Å²) >= 11 is 0. The van der Waals surface area contributed by atoms with Gasteiger partial charge in [-0.3, -0.25) is 4.79 Å². The number of benzene rings is 1. The molecule has 1 heterocycles. The van der Waals surface area contributed by atoms with Crippen LogP contribution in [0.25, 0.3) is 0 Å². The lowest BCUT2D eigenvalue weighted by Crippen LogP contribution is -2.27. The number of nitrogens with zero attached hydrogens (tertiary/aromatic N) is 3. The zero-order chi connectivity index (χ0) is 12.3. The van der Waals surface area contributed by atoms with Gasteiger partial charge in [-0.25, -0.2) is 4.98 Å². The molecule has 0 radical (unpaired) electrons. The quantitative estimate of drug-likeness (QED) is 0.803. The Balaban J connectivity index is 2.09. The van der Waals surface area contributed by atoms with Crippen LogP contribution in [0.3, 0.4) is 0 Å². The molecule has 0 bridgehead atoms. The van der Waals surface area contributed by atoms with Crippen LogP contribution in [0.2, 0.25) is 0 Å². The number of aromatic nitrogens is 2. The molecule has 0 fully saturated rings. The van der Waals surface area contributed by atoms with E-state index in [4.69, 9.17) is 0 Å². The van der Waals surface area contributed by atoms with Crippen LogP contribution in [-0.2, 0) is 13.6 Å². The Bertz CT molecular complexity index is 504. The van der Waals surface area contributed by atoms with Crippen molar-refractivity contribution in [2.45, 2.75) is 6.54 Å². The Kier molecular flexibility index (Phi) is 3.23. The van der Waals surface area contributed by atoms with Crippen molar-refractivity contribution in [2.24, 2.45) is 7.05 Å². The first-order valence-electron chi connectivity index (χ1n) is 5.45. The second-order valence-corrected chi connectivity index (χ2v) is 3.98. The third-order valence-corrected chi connectivity index (χ3v) is 2.67. The smallest absolute Gasteiger partial charge is 0.253 e. The molecule has 0 aliphatic carbocycles. The third kappa shape index (κ3) is 2.53. The number of aryl methyl sites for hydroxylation is 1. The van der Waals surface area contributed by atoms with Gasteiger partial charge in [0.15, 0.2) is 0 Å². The summed E-state index contributed by atoms with van der Waals surface area (Å²) in [7, 11) is 3.70. The van der Waals surface area contributed by atoms with E-state index in [9.17, 15) is 4.79 Å². The first-order valence-corrected chi connectivity index (χ1v) is 5.45. The molecule has 0 aliphatic rings. The SMILES string of the molecule is CN(Cc1nccn1C)C(=O)c1ccccc1. The average molecular weight is 229 g/mol. The van der Waals surface area contributed by atoms with Gasteiger partial charge in [0.2, 0.25) is 0 Å². The van der Waals surface area contributed by atoms with Crippen LogP contribution < -0.4 is 0 Å². The van der Waals surface area contributed by atoms with Crippen LogP contribution in [0.15, 0.2) is 42.7 Å². The predicted molar refractivity (Wildman–Crippen MR) is 65.4 cm³/mol.